The zero-order valence-electron chi connectivity index (χ0n) is 14.7. The predicted molar refractivity (Wildman–Crippen MR) is 98.4 cm³/mol. The Kier molecular flexibility index (Phi) is 7.64. The van der Waals surface area contributed by atoms with E-state index in [9.17, 15) is 14.7 Å². The van der Waals surface area contributed by atoms with Gasteiger partial charge in [-0.15, -0.1) is 0 Å². The Hall–Kier alpha value is -2.86. The second kappa shape index (κ2) is 10.2. The fourth-order valence-electron chi connectivity index (χ4n) is 2.39. The Bertz CT molecular complexity index is 691. The number of rotatable bonds is 8. The molecule has 0 aliphatic rings. The van der Waals surface area contributed by atoms with Crippen LogP contribution in [0.1, 0.15) is 18.1 Å². The van der Waals surface area contributed by atoms with Crippen LogP contribution in [0.25, 0.3) is 0 Å². The second-order valence-corrected chi connectivity index (χ2v) is 6.01. The molecule has 6 nitrogen and oxygen atoms in total. The van der Waals surface area contributed by atoms with Gasteiger partial charge in [0.2, 0.25) is 5.91 Å². The summed E-state index contributed by atoms with van der Waals surface area (Å²) in [5, 5.41) is 14.7. The van der Waals surface area contributed by atoms with Crippen molar-refractivity contribution < 1.29 is 19.4 Å². The lowest BCUT2D eigenvalue weighted by atomic mass is 10.1. The summed E-state index contributed by atoms with van der Waals surface area (Å²) in [5.41, 5.74) is 1.87. The number of benzene rings is 2. The van der Waals surface area contributed by atoms with Crippen molar-refractivity contribution in [1.82, 2.24) is 10.6 Å². The molecule has 0 radical (unpaired) electrons. The van der Waals surface area contributed by atoms with E-state index >= 15 is 0 Å². The number of aliphatic hydroxyl groups is 1. The quantitative estimate of drug-likeness (QED) is 0.675. The minimum atomic E-state index is -0.775. The van der Waals surface area contributed by atoms with Crippen molar-refractivity contribution in [2.24, 2.45) is 0 Å². The van der Waals surface area contributed by atoms with E-state index in [-0.39, 0.29) is 19.1 Å². The van der Waals surface area contributed by atoms with Gasteiger partial charge in [-0.1, -0.05) is 60.7 Å². The number of amides is 2. The number of hydrogen-bond donors (Lipinski definition) is 3. The highest BCUT2D eigenvalue weighted by atomic mass is 16.5. The molecule has 3 N–H and O–H groups in total. The highest BCUT2D eigenvalue weighted by Gasteiger charge is 2.19. The molecule has 26 heavy (non-hydrogen) atoms. The van der Waals surface area contributed by atoms with Gasteiger partial charge < -0.3 is 20.5 Å². The maximum atomic E-state index is 12.2. The number of hydrogen-bond acceptors (Lipinski definition) is 4. The highest BCUT2D eigenvalue weighted by Crippen LogP contribution is 2.04. The molecule has 0 unspecified atom stereocenters. The van der Waals surface area contributed by atoms with Gasteiger partial charge in [-0.2, -0.15) is 0 Å². The normalized spacial score (nSPS) is 12.7. The standard InChI is InChI=1S/C20H24N2O4/c1-15(21-20(25)26-14-17-10-6-3-7-11-17)19(24)22-18(13-23)12-16-8-4-2-5-9-16/h2-11,15,18,23H,12-14H2,1H3,(H,21,25)(H,22,24)/t15-,18+/m0/s1. The predicted octanol–water partition coefficient (Wildman–Crippen LogP) is 2.02. The van der Waals surface area contributed by atoms with Gasteiger partial charge in [0.05, 0.1) is 12.6 Å². The van der Waals surface area contributed by atoms with Crippen LogP contribution < -0.4 is 10.6 Å². The summed E-state index contributed by atoms with van der Waals surface area (Å²) >= 11 is 0. The van der Waals surface area contributed by atoms with Gasteiger partial charge >= 0.3 is 6.09 Å². The summed E-state index contributed by atoms with van der Waals surface area (Å²) in [6.45, 7) is 1.51. The fraction of sp³-hybridized carbons (Fsp3) is 0.300. The maximum absolute atomic E-state index is 12.2. The average Bonchev–Trinajstić information content (AvgIpc) is 2.67. The molecule has 0 heterocycles. The first-order chi connectivity index (χ1) is 12.6. The van der Waals surface area contributed by atoms with Crippen LogP contribution in [0, 0.1) is 0 Å². The molecule has 0 aliphatic carbocycles. The van der Waals surface area contributed by atoms with Crippen molar-refractivity contribution in [2.75, 3.05) is 6.61 Å². The lowest BCUT2D eigenvalue weighted by molar-refractivity contribution is -0.123. The van der Waals surface area contributed by atoms with E-state index < -0.39 is 18.2 Å². The molecule has 2 amide bonds. The topological polar surface area (TPSA) is 87.7 Å². The van der Waals surface area contributed by atoms with Gasteiger partial charge in [-0.25, -0.2) is 4.79 Å². The SMILES string of the molecule is C[C@H](NC(=O)OCc1ccccc1)C(=O)N[C@@H](CO)Cc1ccccc1. The molecule has 0 spiro atoms. The number of aliphatic hydroxyl groups excluding tert-OH is 1. The number of carbonyl (C=O) groups excluding carboxylic acids is 2. The van der Waals surface area contributed by atoms with Gasteiger partial charge in [0, 0.05) is 0 Å². The molecule has 2 atom stereocenters. The first-order valence-corrected chi connectivity index (χ1v) is 8.51. The molecular formula is C20H24N2O4. The zero-order valence-corrected chi connectivity index (χ0v) is 14.7. The van der Waals surface area contributed by atoms with E-state index in [1.54, 1.807) is 6.92 Å². The number of ether oxygens (including phenoxy) is 1. The van der Waals surface area contributed by atoms with Crippen molar-refractivity contribution in [1.29, 1.82) is 0 Å². The first-order valence-electron chi connectivity index (χ1n) is 8.51. The minimum Gasteiger partial charge on any atom is -0.445 e. The van der Waals surface area contributed by atoms with Gasteiger partial charge in [0.25, 0.3) is 0 Å². The van der Waals surface area contributed by atoms with Gasteiger partial charge in [0.1, 0.15) is 12.6 Å². The summed E-state index contributed by atoms with van der Waals surface area (Å²) in [5.74, 6) is -0.378. The largest absolute Gasteiger partial charge is 0.445 e. The number of nitrogens with one attached hydrogen (secondary N) is 2. The maximum Gasteiger partial charge on any atom is 0.408 e. The molecule has 0 saturated carbocycles. The first kappa shape index (κ1) is 19.5. The average molecular weight is 356 g/mol. The monoisotopic (exact) mass is 356 g/mol. The molecule has 0 saturated heterocycles. The lowest BCUT2D eigenvalue weighted by Gasteiger charge is -2.20. The Morgan fingerprint density at radius 3 is 2.12 bits per heavy atom. The van der Waals surface area contributed by atoms with Crippen LogP contribution >= 0.6 is 0 Å². The summed E-state index contributed by atoms with van der Waals surface area (Å²) in [7, 11) is 0. The molecule has 0 bridgehead atoms. The molecule has 0 aromatic heterocycles. The Morgan fingerprint density at radius 2 is 1.54 bits per heavy atom. The van der Waals surface area contributed by atoms with E-state index in [1.165, 1.54) is 0 Å². The zero-order chi connectivity index (χ0) is 18.8. The summed E-state index contributed by atoms with van der Waals surface area (Å²) < 4.78 is 5.10. The van der Waals surface area contributed by atoms with Crippen LogP contribution in [0.3, 0.4) is 0 Å². The smallest absolute Gasteiger partial charge is 0.408 e. The molecule has 2 aromatic rings. The lowest BCUT2D eigenvalue weighted by Crippen LogP contribution is -2.49. The van der Waals surface area contributed by atoms with Crippen molar-refractivity contribution in [3.05, 3.63) is 71.8 Å². The highest BCUT2D eigenvalue weighted by molar-refractivity contribution is 5.85. The molecular weight excluding hydrogens is 332 g/mol. The Labute approximate surface area is 153 Å². The molecule has 0 fully saturated rings. The van der Waals surface area contributed by atoms with Crippen molar-refractivity contribution >= 4 is 12.0 Å². The number of alkyl carbamates (subject to hydrolysis) is 1. The van der Waals surface area contributed by atoms with Crippen molar-refractivity contribution in [2.45, 2.75) is 32.0 Å². The number of carbonyl (C=O) groups is 2. The van der Waals surface area contributed by atoms with E-state index in [1.807, 2.05) is 60.7 Å². The van der Waals surface area contributed by atoms with Crippen LogP contribution in [0.2, 0.25) is 0 Å². The van der Waals surface area contributed by atoms with Crippen molar-refractivity contribution in [3.8, 4) is 0 Å². The third-order valence-electron chi connectivity index (χ3n) is 3.83. The van der Waals surface area contributed by atoms with E-state index in [0.717, 1.165) is 11.1 Å². The molecule has 2 rings (SSSR count). The molecule has 6 heteroatoms. The van der Waals surface area contributed by atoms with Crippen LogP contribution in [0.4, 0.5) is 4.79 Å². The van der Waals surface area contributed by atoms with Crippen LogP contribution in [0.15, 0.2) is 60.7 Å². The minimum absolute atomic E-state index is 0.133. The van der Waals surface area contributed by atoms with Gasteiger partial charge in [-0.3, -0.25) is 4.79 Å². The van der Waals surface area contributed by atoms with Gasteiger partial charge in [-0.05, 0) is 24.5 Å². The van der Waals surface area contributed by atoms with Crippen molar-refractivity contribution in [3.63, 3.8) is 0 Å². The van der Waals surface area contributed by atoms with Crippen LogP contribution in [-0.4, -0.2) is 35.8 Å². The Morgan fingerprint density at radius 1 is 0.962 bits per heavy atom. The summed E-state index contributed by atoms with van der Waals surface area (Å²) in [4.78, 5) is 24.0. The van der Waals surface area contributed by atoms with Gasteiger partial charge in [0.15, 0.2) is 0 Å². The molecule has 138 valence electrons. The third kappa shape index (κ3) is 6.57. The Balaban J connectivity index is 1.77. The molecule has 2 aromatic carbocycles. The summed E-state index contributed by atoms with van der Waals surface area (Å²) in [6, 6.07) is 17.6. The fourth-order valence-corrected chi connectivity index (χ4v) is 2.39. The second-order valence-electron chi connectivity index (χ2n) is 6.01. The van der Waals surface area contributed by atoms with Crippen LogP contribution in [-0.2, 0) is 22.6 Å². The van der Waals surface area contributed by atoms with E-state index in [0.29, 0.717) is 6.42 Å². The van der Waals surface area contributed by atoms with E-state index in [2.05, 4.69) is 10.6 Å². The third-order valence-corrected chi connectivity index (χ3v) is 3.83. The molecule has 0 aliphatic heterocycles. The van der Waals surface area contributed by atoms with Crippen LogP contribution in [0.5, 0.6) is 0 Å². The summed E-state index contributed by atoms with van der Waals surface area (Å²) in [6.07, 6.45) is -0.158. The van der Waals surface area contributed by atoms with E-state index in [4.69, 9.17) is 4.74 Å².